The van der Waals surface area contributed by atoms with Crippen molar-refractivity contribution in [3.8, 4) is 0 Å². The smallest absolute Gasteiger partial charge is 0.254 e. The van der Waals surface area contributed by atoms with Gasteiger partial charge in [0.15, 0.2) is 5.82 Å². The molecule has 2 aromatic rings. The molecule has 0 aliphatic rings. The topological polar surface area (TPSA) is 84.7 Å². The lowest BCUT2D eigenvalue weighted by atomic mass is 9.86. The summed E-state index contributed by atoms with van der Waals surface area (Å²) in [4.78, 5) is 26.9. The minimum absolute atomic E-state index is 0.00927. The van der Waals surface area contributed by atoms with E-state index in [-0.39, 0.29) is 23.8 Å². The summed E-state index contributed by atoms with van der Waals surface area (Å²) in [5.74, 6) is 0.414. The third-order valence-corrected chi connectivity index (χ3v) is 4.29. The Morgan fingerprint density at radius 2 is 1.89 bits per heavy atom. The molecule has 2 amide bonds. The van der Waals surface area contributed by atoms with Crippen LogP contribution < -0.4 is 5.32 Å². The van der Waals surface area contributed by atoms with E-state index in [0.29, 0.717) is 36.7 Å². The van der Waals surface area contributed by atoms with Crippen LogP contribution in [-0.4, -0.2) is 48.7 Å². The van der Waals surface area contributed by atoms with E-state index in [9.17, 15) is 9.59 Å². The van der Waals surface area contributed by atoms with Gasteiger partial charge in [-0.05, 0) is 36.5 Å². The molecule has 152 valence electrons. The van der Waals surface area contributed by atoms with E-state index in [1.807, 2.05) is 24.3 Å². The summed E-state index contributed by atoms with van der Waals surface area (Å²) < 4.78 is 10.0. The van der Waals surface area contributed by atoms with Crippen LogP contribution >= 0.6 is 0 Å². The van der Waals surface area contributed by atoms with Gasteiger partial charge in [0, 0.05) is 31.9 Å². The molecule has 1 N–H and O–H groups in total. The van der Waals surface area contributed by atoms with Gasteiger partial charge in [-0.15, -0.1) is 0 Å². The van der Waals surface area contributed by atoms with Crippen molar-refractivity contribution in [2.45, 2.75) is 39.5 Å². The fourth-order valence-electron chi connectivity index (χ4n) is 2.73. The minimum Gasteiger partial charge on any atom is -0.385 e. The summed E-state index contributed by atoms with van der Waals surface area (Å²) in [6, 6.07) is 9.16. The van der Waals surface area contributed by atoms with Gasteiger partial charge in [0.05, 0.1) is 0 Å². The first-order valence-corrected chi connectivity index (χ1v) is 9.32. The Kier molecular flexibility index (Phi) is 7.34. The van der Waals surface area contributed by atoms with Gasteiger partial charge in [-0.2, -0.15) is 0 Å². The van der Waals surface area contributed by atoms with Crippen molar-refractivity contribution < 1.29 is 18.8 Å². The molecule has 0 fully saturated rings. The van der Waals surface area contributed by atoms with E-state index in [0.717, 1.165) is 5.56 Å². The number of ether oxygens (including phenoxy) is 1. The summed E-state index contributed by atoms with van der Waals surface area (Å²) >= 11 is 0. The number of methoxy groups -OCH3 is 1. The van der Waals surface area contributed by atoms with Crippen molar-refractivity contribution in [2.24, 2.45) is 0 Å². The quantitative estimate of drug-likeness (QED) is 0.702. The molecule has 0 bridgehead atoms. The second-order valence-electron chi connectivity index (χ2n) is 7.77. The highest BCUT2D eigenvalue weighted by atomic mass is 16.5. The summed E-state index contributed by atoms with van der Waals surface area (Å²) in [6.45, 7) is 8.96. The lowest BCUT2D eigenvalue weighted by Crippen LogP contribution is -2.39. The fraction of sp³-hybridized carbons (Fsp3) is 0.476. The molecule has 0 unspecified atom stereocenters. The highest BCUT2D eigenvalue weighted by Crippen LogP contribution is 2.22. The third-order valence-electron chi connectivity index (χ3n) is 4.29. The Hall–Kier alpha value is -2.67. The van der Waals surface area contributed by atoms with Crippen LogP contribution in [0.3, 0.4) is 0 Å². The molecular formula is C21H29N3O4. The van der Waals surface area contributed by atoms with Gasteiger partial charge >= 0.3 is 0 Å². The van der Waals surface area contributed by atoms with Gasteiger partial charge in [-0.1, -0.05) is 38.1 Å². The highest BCUT2D eigenvalue weighted by molar-refractivity contribution is 5.99. The van der Waals surface area contributed by atoms with E-state index in [1.54, 1.807) is 20.1 Å². The van der Waals surface area contributed by atoms with E-state index in [2.05, 4.69) is 31.2 Å². The highest BCUT2D eigenvalue weighted by Gasteiger charge is 2.20. The zero-order chi connectivity index (χ0) is 20.7. The lowest BCUT2D eigenvalue weighted by molar-refractivity contribution is -0.117. The Balaban J connectivity index is 2.09. The van der Waals surface area contributed by atoms with Crippen molar-refractivity contribution >= 4 is 17.6 Å². The van der Waals surface area contributed by atoms with Crippen molar-refractivity contribution in [3.05, 3.63) is 47.2 Å². The molecule has 0 atom stereocenters. The maximum atomic E-state index is 13.0. The third kappa shape index (κ3) is 6.20. The normalized spacial score (nSPS) is 11.3. The Labute approximate surface area is 166 Å². The molecular weight excluding hydrogens is 358 g/mol. The zero-order valence-corrected chi connectivity index (χ0v) is 17.2. The van der Waals surface area contributed by atoms with Crippen LogP contribution in [0.2, 0.25) is 0 Å². The van der Waals surface area contributed by atoms with Gasteiger partial charge < -0.3 is 19.5 Å². The molecule has 1 heterocycles. The molecule has 1 aromatic carbocycles. The number of hydrogen-bond acceptors (Lipinski definition) is 5. The van der Waals surface area contributed by atoms with Crippen molar-refractivity contribution in [3.63, 3.8) is 0 Å². The SMILES string of the molecule is COCCCN(CC(=O)Nc1cc(C)on1)C(=O)c1ccc(C(C)(C)C)cc1. The van der Waals surface area contributed by atoms with E-state index >= 15 is 0 Å². The Morgan fingerprint density at radius 3 is 2.43 bits per heavy atom. The van der Waals surface area contributed by atoms with Crippen LogP contribution in [0, 0.1) is 6.92 Å². The average Bonchev–Trinajstić information content (AvgIpc) is 3.04. The van der Waals surface area contributed by atoms with Crippen LogP contribution in [0.4, 0.5) is 5.82 Å². The maximum Gasteiger partial charge on any atom is 0.254 e. The van der Waals surface area contributed by atoms with E-state index in [4.69, 9.17) is 9.26 Å². The first-order valence-electron chi connectivity index (χ1n) is 9.32. The van der Waals surface area contributed by atoms with Gasteiger partial charge in [-0.3, -0.25) is 9.59 Å². The lowest BCUT2D eigenvalue weighted by Gasteiger charge is -2.23. The van der Waals surface area contributed by atoms with Gasteiger partial charge in [-0.25, -0.2) is 0 Å². The van der Waals surface area contributed by atoms with Crippen molar-refractivity contribution in [1.29, 1.82) is 0 Å². The first kappa shape index (κ1) is 21.6. The monoisotopic (exact) mass is 387 g/mol. The number of nitrogens with one attached hydrogen (secondary N) is 1. The Bertz CT molecular complexity index is 791. The van der Waals surface area contributed by atoms with Gasteiger partial charge in [0.2, 0.25) is 5.91 Å². The largest absolute Gasteiger partial charge is 0.385 e. The maximum absolute atomic E-state index is 13.0. The molecule has 0 spiro atoms. The summed E-state index contributed by atoms with van der Waals surface area (Å²) in [5.41, 5.74) is 1.71. The molecule has 28 heavy (non-hydrogen) atoms. The summed E-state index contributed by atoms with van der Waals surface area (Å²) in [5, 5.41) is 6.39. The zero-order valence-electron chi connectivity index (χ0n) is 17.2. The molecule has 7 heteroatoms. The number of benzene rings is 1. The second kappa shape index (κ2) is 9.50. The van der Waals surface area contributed by atoms with Crippen molar-refractivity contribution in [1.82, 2.24) is 10.1 Å². The second-order valence-corrected chi connectivity index (χ2v) is 7.77. The number of hydrogen-bond donors (Lipinski definition) is 1. The Morgan fingerprint density at radius 1 is 1.21 bits per heavy atom. The molecule has 0 aliphatic heterocycles. The van der Waals surface area contributed by atoms with Crippen LogP contribution in [0.5, 0.6) is 0 Å². The molecule has 0 radical (unpaired) electrons. The number of amides is 2. The number of carbonyl (C=O) groups is 2. The fourth-order valence-corrected chi connectivity index (χ4v) is 2.73. The molecule has 7 nitrogen and oxygen atoms in total. The number of anilines is 1. The summed E-state index contributed by atoms with van der Waals surface area (Å²) in [6.07, 6.45) is 0.638. The van der Waals surface area contributed by atoms with Crippen molar-refractivity contribution in [2.75, 3.05) is 32.1 Å². The van der Waals surface area contributed by atoms with E-state index in [1.165, 1.54) is 4.90 Å². The predicted octanol–water partition coefficient (Wildman–Crippen LogP) is 3.40. The van der Waals surface area contributed by atoms with Crippen LogP contribution in [0.15, 0.2) is 34.9 Å². The first-order chi connectivity index (χ1) is 13.2. The summed E-state index contributed by atoms with van der Waals surface area (Å²) in [7, 11) is 1.61. The standard InChI is InChI=1S/C21H29N3O4/c1-15-13-18(23-28-15)22-19(25)14-24(11-6-12-27-5)20(26)16-7-9-17(10-8-16)21(2,3)4/h7-10,13H,6,11-12,14H2,1-5H3,(H,22,23,25). The molecule has 0 saturated carbocycles. The van der Waals surface area contributed by atoms with E-state index < -0.39 is 0 Å². The van der Waals surface area contributed by atoms with Gasteiger partial charge in [0.1, 0.15) is 12.3 Å². The predicted molar refractivity (Wildman–Crippen MR) is 107 cm³/mol. The molecule has 0 saturated heterocycles. The molecule has 0 aliphatic carbocycles. The number of rotatable bonds is 8. The van der Waals surface area contributed by atoms with Crippen LogP contribution in [0.1, 0.15) is 48.9 Å². The molecule has 1 aromatic heterocycles. The number of aryl methyl sites for hydroxylation is 1. The average molecular weight is 387 g/mol. The van der Waals surface area contributed by atoms with Gasteiger partial charge in [0.25, 0.3) is 5.91 Å². The number of aromatic nitrogens is 1. The van der Waals surface area contributed by atoms with Crippen LogP contribution in [-0.2, 0) is 14.9 Å². The minimum atomic E-state index is -0.328. The molecule has 2 rings (SSSR count). The number of nitrogens with zero attached hydrogens (tertiary/aromatic N) is 2. The number of carbonyl (C=O) groups excluding carboxylic acids is 2. The van der Waals surface area contributed by atoms with Crippen LogP contribution in [0.25, 0.3) is 0 Å².